The molecule has 1 saturated carbocycles. The van der Waals surface area contributed by atoms with Crippen LogP contribution in [-0.4, -0.2) is 44.5 Å². The van der Waals surface area contributed by atoms with E-state index >= 15 is 0 Å². The van der Waals surface area contributed by atoms with Crippen LogP contribution in [0.2, 0.25) is 0 Å². The van der Waals surface area contributed by atoms with E-state index in [1.807, 2.05) is 109 Å². The highest BCUT2D eigenvalue weighted by molar-refractivity contribution is 5.96. The molecule has 4 atom stereocenters. The normalized spacial score (nSPS) is 28.9. The van der Waals surface area contributed by atoms with E-state index in [9.17, 15) is 25.2 Å². The van der Waals surface area contributed by atoms with Crippen LogP contribution in [0, 0.1) is 16.2 Å². The lowest BCUT2D eigenvalue weighted by molar-refractivity contribution is -0.127. The van der Waals surface area contributed by atoms with Gasteiger partial charge in [0.05, 0.1) is 12.2 Å². The molecular formula is C40H56O5. The number of hydrogen-bond acceptors (Lipinski definition) is 5. The van der Waals surface area contributed by atoms with E-state index in [2.05, 4.69) is 19.9 Å². The van der Waals surface area contributed by atoms with Crippen LogP contribution in [0.4, 0.5) is 0 Å². The van der Waals surface area contributed by atoms with Crippen LogP contribution < -0.4 is 0 Å². The second kappa shape index (κ2) is 15.8. The average molecular weight is 617 g/mol. The van der Waals surface area contributed by atoms with Crippen LogP contribution in [0.3, 0.4) is 0 Å². The molecule has 0 aromatic rings. The molecule has 2 aliphatic carbocycles. The van der Waals surface area contributed by atoms with Gasteiger partial charge in [-0.05, 0) is 81.4 Å². The molecule has 0 bridgehead atoms. The Kier molecular flexibility index (Phi) is 13.4. The molecule has 1 fully saturated rings. The molecule has 0 heterocycles. The fraction of sp³-hybridized carbons (Fsp3) is 0.475. The van der Waals surface area contributed by atoms with Gasteiger partial charge in [-0.2, -0.15) is 0 Å². The van der Waals surface area contributed by atoms with Crippen molar-refractivity contribution in [3.8, 4) is 0 Å². The van der Waals surface area contributed by atoms with Crippen molar-refractivity contribution in [1.29, 1.82) is 0 Å². The molecule has 2 rings (SSSR count). The number of hydrogen-bond donors (Lipinski definition) is 4. The van der Waals surface area contributed by atoms with Gasteiger partial charge in [0.1, 0.15) is 11.9 Å². The van der Waals surface area contributed by atoms with E-state index in [1.165, 1.54) is 6.08 Å². The predicted molar refractivity (Wildman–Crippen MR) is 188 cm³/mol. The highest BCUT2D eigenvalue weighted by Gasteiger charge is 2.53. The van der Waals surface area contributed by atoms with Crippen molar-refractivity contribution < 1.29 is 25.2 Å². The first-order valence-electron chi connectivity index (χ1n) is 15.9. The number of aliphatic hydroxyl groups excluding tert-OH is 4. The quantitative estimate of drug-likeness (QED) is 0.106. The van der Waals surface area contributed by atoms with Gasteiger partial charge in [-0.25, -0.2) is 0 Å². The maximum Gasteiger partial charge on any atom is 0.165 e. The summed E-state index contributed by atoms with van der Waals surface area (Å²) in [5.74, 6) is -0.211. The van der Waals surface area contributed by atoms with Gasteiger partial charge in [-0.3, -0.25) is 4.79 Å². The van der Waals surface area contributed by atoms with E-state index < -0.39 is 23.7 Å². The van der Waals surface area contributed by atoms with Crippen molar-refractivity contribution in [2.24, 2.45) is 16.2 Å². The van der Waals surface area contributed by atoms with Gasteiger partial charge in [0.25, 0.3) is 0 Å². The third kappa shape index (κ3) is 10.4. The van der Waals surface area contributed by atoms with Gasteiger partial charge >= 0.3 is 0 Å². The maximum atomic E-state index is 13.0. The highest BCUT2D eigenvalue weighted by atomic mass is 16.3. The molecule has 4 N–H and O–H groups in total. The maximum absolute atomic E-state index is 13.0. The van der Waals surface area contributed by atoms with E-state index in [1.54, 1.807) is 13.0 Å². The largest absolute Gasteiger partial charge is 0.508 e. The van der Waals surface area contributed by atoms with Gasteiger partial charge in [0.2, 0.25) is 0 Å². The highest BCUT2D eigenvalue weighted by Crippen LogP contribution is 2.53. The third-order valence-electron chi connectivity index (χ3n) is 9.55. The second-order valence-electron chi connectivity index (χ2n) is 14.4. The fourth-order valence-electron chi connectivity index (χ4n) is 6.13. The Morgan fingerprint density at radius 2 is 1.24 bits per heavy atom. The SMILES string of the molecule is CC1=C(/C=C/C(C)=C/C=C\C(C)=C\C=C/C=C(C)/C=C/C=C(C)/C(O)=C/C(=O)[C@]2(C)C[C@@H](O)CC2(C)C)C(C)(C)C[C@H](O)[C@@H]1O. The zero-order valence-corrected chi connectivity index (χ0v) is 29.1. The average Bonchev–Trinajstić information content (AvgIpc) is 3.15. The monoisotopic (exact) mass is 616 g/mol. The van der Waals surface area contributed by atoms with E-state index in [-0.39, 0.29) is 22.4 Å². The summed E-state index contributed by atoms with van der Waals surface area (Å²) in [5, 5.41) is 41.0. The van der Waals surface area contributed by atoms with Crippen molar-refractivity contribution in [3.63, 3.8) is 0 Å². The van der Waals surface area contributed by atoms with Crippen molar-refractivity contribution in [2.45, 2.75) is 107 Å². The molecule has 246 valence electrons. The zero-order valence-electron chi connectivity index (χ0n) is 29.1. The Hall–Kier alpha value is -3.25. The van der Waals surface area contributed by atoms with Crippen LogP contribution >= 0.6 is 0 Å². The summed E-state index contributed by atoms with van der Waals surface area (Å²) in [4.78, 5) is 13.0. The molecule has 0 radical (unpaired) electrons. The number of carbonyl (C=O) groups excluding carboxylic acids is 1. The Labute approximate surface area is 271 Å². The first-order chi connectivity index (χ1) is 20.8. The van der Waals surface area contributed by atoms with Crippen molar-refractivity contribution in [2.75, 3.05) is 0 Å². The van der Waals surface area contributed by atoms with Gasteiger partial charge < -0.3 is 20.4 Å². The first kappa shape index (κ1) is 37.9. The van der Waals surface area contributed by atoms with Gasteiger partial charge in [0.15, 0.2) is 5.78 Å². The Bertz CT molecular complexity index is 1400. The lowest BCUT2D eigenvalue weighted by Gasteiger charge is -2.38. The minimum Gasteiger partial charge on any atom is -0.508 e. The molecule has 0 aliphatic heterocycles. The summed E-state index contributed by atoms with van der Waals surface area (Å²) in [6.45, 7) is 19.8. The first-order valence-corrected chi connectivity index (χ1v) is 15.9. The third-order valence-corrected chi connectivity index (χ3v) is 9.55. The lowest BCUT2D eigenvalue weighted by Crippen LogP contribution is -2.38. The van der Waals surface area contributed by atoms with E-state index in [0.29, 0.717) is 24.8 Å². The molecular weight excluding hydrogens is 560 g/mol. The number of ketones is 1. The molecule has 5 nitrogen and oxygen atoms in total. The Morgan fingerprint density at radius 3 is 1.78 bits per heavy atom. The van der Waals surface area contributed by atoms with Crippen LogP contribution in [0.1, 0.15) is 88.5 Å². The van der Waals surface area contributed by atoms with Gasteiger partial charge in [-0.1, -0.05) is 124 Å². The predicted octanol–water partition coefficient (Wildman–Crippen LogP) is 8.66. The van der Waals surface area contributed by atoms with Crippen molar-refractivity contribution >= 4 is 5.78 Å². The summed E-state index contributed by atoms with van der Waals surface area (Å²) >= 11 is 0. The molecule has 5 heteroatoms. The number of carbonyl (C=O) groups is 1. The van der Waals surface area contributed by atoms with Crippen LogP contribution in [0.5, 0.6) is 0 Å². The number of allylic oxidation sites excluding steroid dienone is 18. The topological polar surface area (TPSA) is 98.0 Å². The summed E-state index contributed by atoms with van der Waals surface area (Å²) in [6.07, 6.45) is 24.5. The lowest BCUT2D eigenvalue weighted by atomic mass is 9.66. The minimum absolute atomic E-state index is 0.0550. The Balaban J connectivity index is 1.95. The van der Waals surface area contributed by atoms with Crippen molar-refractivity contribution in [3.05, 3.63) is 118 Å². The molecule has 0 unspecified atom stereocenters. The van der Waals surface area contributed by atoms with Crippen LogP contribution in [0.25, 0.3) is 0 Å². The van der Waals surface area contributed by atoms with Crippen molar-refractivity contribution in [1.82, 2.24) is 0 Å². The standard InChI is InChI=1S/C40H56O5/c1-27(17-13-18-29(3)21-22-33-31(5)37(45)35(43)26-38(33,6)7)15-11-12-16-28(2)19-14-20-30(4)34(42)23-36(44)40(10)25-32(41)24-39(40,8)9/h11-23,32,35,37,41-43,45H,24-26H2,1-10H3/b12-11-,17-13-,19-14+,22-21+,27-15+,28-16+,29-18+,30-20+,34-23-/t32-,35-,37+,40-/m0/s1. The summed E-state index contributed by atoms with van der Waals surface area (Å²) in [6, 6.07) is 0. The smallest absolute Gasteiger partial charge is 0.165 e. The van der Waals surface area contributed by atoms with Gasteiger partial charge in [0, 0.05) is 11.5 Å². The molecule has 0 amide bonds. The van der Waals surface area contributed by atoms with E-state index in [4.69, 9.17) is 0 Å². The van der Waals surface area contributed by atoms with Crippen LogP contribution in [-0.2, 0) is 4.79 Å². The molecule has 45 heavy (non-hydrogen) atoms. The second-order valence-corrected chi connectivity index (χ2v) is 14.4. The zero-order chi connectivity index (χ0) is 34.2. The fourth-order valence-corrected chi connectivity index (χ4v) is 6.13. The number of rotatable bonds is 11. The van der Waals surface area contributed by atoms with Gasteiger partial charge in [-0.15, -0.1) is 0 Å². The molecule has 0 aromatic carbocycles. The minimum atomic E-state index is -0.811. The summed E-state index contributed by atoms with van der Waals surface area (Å²) in [7, 11) is 0. The van der Waals surface area contributed by atoms with Crippen LogP contribution in [0.15, 0.2) is 118 Å². The molecule has 0 spiro atoms. The summed E-state index contributed by atoms with van der Waals surface area (Å²) < 4.78 is 0. The molecule has 2 aliphatic rings. The number of aliphatic hydroxyl groups is 4. The molecule has 0 saturated heterocycles. The Morgan fingerprint density at radius 1 is 0.733 bits per heavy atom. The molecule has 0 aromatic heterocycles. The van der Waals surface area contributed by atoms with E-state index in [0.717, 1.165) is 27.9 Å². The summed E-state index contributed by atoms with van der Waals surface area (Å²) in [5.41, 5.74) is 4.47.